The van der Waals surface area contributed by atoms with Gasteiger partial charge < -0.3 is 5.11 Å². The smallest absolute Gasteiger partial charge is 0.0849 e. The van der Waals surface area contributed by atoms with Crippen molar-refractivity contribution in [2.75, 3.05) is 0 Å². The van der Waals surface area contributed by atoms with Crippen LogP contribution in [0.3, 0.4) is 0 Å². The molecule has 0 amide bonds. The molecule has 21 heavy (non-hydrogen) atoms. The fourth-order valence-corrected chi connectivity index (χ4v) is 3.68. The summed E-state index contributed by atoms with van der Waals surface area (Å²) >= 11 is 6.43. The second-order valence-corrected chi connectivity index (χ2v) is 6.21. The molecule has 1 N–H and O–H groups in total. The van der Waals surface area contributed by atoms with Gasteiger partial charge in [-0.1, -0.05) is 42.8 Å². The number of benzene rings is 1. The van der Waals surface area contributed by atoms with Gasteiger partial charge in [-0.3, -0.25) is 4.68 Å². The summed E-state index contributed by atoms with van der Waals surface area (Å²) in [5.41, 5.74) is 4.33. The number of aliphatic hydroxyl groups excluding tert-OH is 1. The van der Waals surface area contributed by atoms with Crippen molar-refractivity contribution in [3.63, 3.8) is 0 Å². The standard InChI is InChI=1S/C17H21ClN2O/c1-3-14-16(18)15(20(2)19-14)10-12-9-8-11-6-4-5-7-13(11)17(12)21/h4-7,12,17,21H,3,8-10H2,1-2H3. The van der Waals surface area contributed by atoms with Crippen LogP contribution in [0.4, 0.5) is 0 Å². The van der Waals surface area contributed by atoms with Gasteiger partial charge in [0.1, 0.15) is 0 Å². The third-order valence-corrected chi connectivity index (χ3v) is 5.00. The zero-order valence-corrected chi connectivity index (χ0v) is 13.3. The molecule has 1 heterocycles. The molecule has 1 aliphatic carbocycles. The Morgan fingerprint density at radius 2 is 2.14 bits per heavy atom. The number of aromatic nitrogens is 2. The van der Waals surface area contributed by atoms with E-state index >= 15 is 0 Å². The highest BCUT2D eigenvalue weighted by Crippen LogP contribution is 2.37. The summed E-state index contributed by atoms with van der Waals surface area (Å²) in [5, 5.41) is 15.9. The van der Waals surface area contributed by atoms with Gasteiger partial charge in [0.05, 0.1) is 22.5 Å². The van der Waals surface area contributed by atoms with E-state index in [-0.39, 0.29) is 5.92 Å². The summed E-state index contributed by atoms with van der Waals surface area (Å²) in [5.74, 6) is 0.206. The van der Waals surface area contributed by atoms with Crippen LogP contribution < -0.4 is 0 Å². The van der Waals surface area contributed by atoms with Gasteiger partial charge in [-0.15, -0.1) is 0 Å². The molecule has 0 bridgehead atoms. The summed E-state index contributed by atoms with van der Waals surface area (Å²) in [6.07, 6.45) is 3.21. The van der Waals surface area contributed by atoms with E-state index in [4.69, 9.17) is 11.6 Å². The highest BCUT2D eigenvalue weighted by Gasteiger charge is 2.29. The molecule has 2 unspecified atom stereocenters. The van der Waals surface area contributed by atoms with E-state index < -0.39 is 6.10 Å². The zero-order chi connectivity index (χ0) is 15.0. The van der Waals surface area contributed by atoms with Crippen molar-refractivity contribution in [2.24, 2.45) is 13.0 Å². The van der Waals surface area contributed by atoms with Gasteiger partial charge in [-0.25, -0.2) is 0 Å². The maximum absolute atomic E-state index is 10.7. The molecular formula is C17H21ClN2O. The fraction of sp³-hybridized carbons (Fsp3) is 0.471. The van der Waals surface area contributed by atoms with Crippen molar-refractivity contribution in [1.82, 2.24) is 9.78 Å². The molecule has 1 aromatic heterocycles. The first kappa shape index (κ1) is 14.6. The highest BCUT2D eigenvalue weighted by molar-refractivity contribution is 6.31. The molecule has 2 atom stereocenters. The van der Waals surface area contributed by atoms with Gasteiger partial charge in [0.15, 0.2) is 0 Å². The Bertz CT molecular complexity index is 650. The Kier molecular flexibility index (Phi) is 4.05. The van der Waals surface area contributed by atoms with Crippen molar-refractivity contribution in [1.29, 1.82) is 0 Å². The van der Waals surface area contributed by atoms with E-state index in [1.54, 1.807) is 0 Å². The molecule has 112 valence electrons. The number of halogens is 1. The average molecular weight is 305 g/mol. The number of aryl methyl sites for hydroxylation is 3. The topological polar surface area (TPSA) is 38.0 Å². The minimum Gasteiger partial charge on any atom is -0.388 e. The molecule has 0 saturated heterocycles. The highest BCUT2D eigenvalue weighted by atomic mass is 35.5. The first-order chi connectivity index (χ1) is 10.1. The van der Waals surface area contributed by atoms with E-state index in [0.717, 1.165) is 47.7 Å². The lowest BCUT2D eigenvalue weighted by atomic mass is 9.79. The maximum atomic E-state index is 10.7. The van der Waals surface area contributed by atoms with Gasteiger partial charge in [0.25, 0.3) is 0 Å². The lowest BCUT2D eigenvalue weighted by Crippen LogP contribution is -2.23. The molecule has 0 aliphatic heterocycles. The van der Waals surface area contributed by atoms with Crippen LogP contribution in [0.1, 0.15) is 42.0 Å². The fourth-order valence-electron chi connectivity index (χ4n) is 3.31. The third-order valence-electron chi connectivity index (χ3n) is 4.56. The molecular weight excluding hydrogens is 284 g/mol. The van der Waals surface area contributed by atoms with Gasteiger partial charge in [0, 0.05) is 7.05 Å². The molecule has 4 heteroatoms. The molecule has 0 fully saturated rings. The lowest BCUT2D eigenvalue weighted by molar-refractivity contribution is 0.0926. The second-order valence-electron chi connectivity index (χ2n) is 5.83. The largest absolute Gasteiger partial charge is 0.388 e. The van der Waals surface area contributed by atoms with Crippen LogP contribution in [0, 0.1) is 5.92 Å². The van der Waals surface area contributed by atoms with Crippen molar-refractivity contribution in [2.45, 2.75) is 38.7 Å². The SMILES string of the molecule is CCc1nn(C)c(CC2CCc3ccccc3C2O)c1Cl. The monoisotopic (exact) mass is 304 g/mol. The van der Waals surface area contributed by atoms with E-state index in [9.17, 15) is 5.11 Å². The summed E-state index contributed by atoms with van der Waals surface area (Å²) < 4.78 is 1.87. The third kappa shape index (κ3) is 2.60. The molecule has 0 radical (unpaired) electrons. The predicted octanol–water partition coefficient (Wildman–Crippen LogP) is 3.47. The molecule has 3 nitrogen and oxygen atoms in total. The number of hydrogen-bond donors (Lipinski definition) is 1. The zero-order valence-electron chi connectivity index (χ0n) is 12.5. The van der Waals surface area contributed by atoms with Crippen LogP contribution in [0.15, 0.2) is 24.3 Å². The summed E-state index contributed by atoms with van der Waals surface area (Å²) in [4.78, 5) is 0. The van der Waals surface area contributed by atoms with Crippen LogP contribution in [-0.4, -0.2) is 14.9 Å². The Morgan fingerprint density at radius 1 is 1.38 bits per heavy atom. The maximum Gasteiger partial charge on any atom is 0.0849 e. The van der Waals surface area contributed by atoms with Crippen LogP contribution in [0.5, 0.6) is 0 Å². The average Bonchev–Trinajstić information content (AvgIpc) is 2.77. The van der Waals surface area contributed by atoms with Crippen LogP contribution >= 0.6 is 11.6 Å². The van der Waals surface area contributed by atoms with E-state index in [2.05, 4.69) is 18.1 Å². The summed E-state index contributed by atoms with van der Waals surface area (Å²) in [6.45, 7) is 2.06. The Morgan fingerprint density at radius 3 is 2.86 bits per heavy atom. The first-order valence-electron chi connectivity index (χ1n) is 7.58. The Balaban J connectivity index is 1.85. The molecule has 0 spiro atoms. The van der Waals surface area contributed by atoms with Crippen LogP contribution in [0.25, 0.3) is 0 Å². The van der Waals surface area contributed by atoms with E-state index in [0.29, 0.717) is 0 Å². The number of hydrogen-bond acceptors (Lipinski definition) is 2. The van der Waals surface area contributed by atoms with Crippen molar-refractivity contribution in [3.05, 3.63) is 51.8 Å². The molecule has 2 aromatic rings. The molecule has 3 rings (SSSR count). The number of rotatable bonds is 3. The van der Waals surface area contributed by atoms with E-state index in [1.807, 2.05) is 29.9 Å². The van der Waals surface area contributed by atoms with Gasteiger partial charge >= 0.3 is 0 Å². The normalized spacial score (nSPS) is 21.3. The predicted molar refractivity (Wildman–Crippen MR) is 84.5 cm³/mol. The summed E-state index contributed by atoms with van der Waals surface area (Å²) in [6, 6.07) is 8.18. The van der Waals surface area contributed by atoms with Gasteiger partial charge in [-0.2, -0.15) is 5.10 Å². The Labute approximate surface area is 130 Å². The van der Waals surface area contributed by atoms with E-state index in [1.165, 1.54) is 5.56 Å². The first-order valence-corrected chi connectivity index (χ1v) is 7.95. The van der Waals surface area contributed by atoms with Crippen molar-refractivity contribution >= 4 is 11.6 Å². The minimum absolute atomic E-state index is 0.206. The molecule has 1 aliphatic rings. The van der Waals surface area contributed by atoms with Crippen molar-refractivity contribution in [3.8, 4) is 0 Å². The number of fused-ring (bicyclic) bond motifs is 1. The molecule has 1 aromatic carbocycles. The van der Waals surface area contributed by atoms with Gasteiger partial charge in [-0.05, 0) is 42.7 Å². The molecule has 0 saturated carbocycles. The number of nitrogens with zero attached hydrogens (tertiary/aromatic N) is 2. The lowest BCUT2D eigenvalue weighted by Gasteiger charge is -2.30. The minimum atomic E-state index is -0.411. The Hall–Kier alpha value is -1.32. The number of aliphatic hydroxyl groups is 1. The second kappa shape index (κ2) is 5.82. The van der Waals surface area contributed by atoms with Crippen molar-refractivity contribution < 1.29 is 5.11 Å². The quantitative estimate of drug-likeness (QED) is 0.943. The summed E-state index contributed by atoms with van der Waals surface area (Å²) in [7, 11) is 1.93. The van der Waals surface area contributed by atoms with Crippen LogP contribution in [0.2, 0.25) is 5.02 Å². The van der Waals surface area contributed by atoms with Crippen LogP contribution in [-0.2, 0) is 26.3 Å². The van der Waals surface area contributed by atoms with Gasteiger partial charge in [0.2, 0.25) is 0 Å².